The van der Waals surface area contributed by atoms with Gasteiger partial charge in [0.15, 0.2) is 0 Å². The second-order valence-electron chi connectivity index (χ2n) is 3.98. The average Bonchev–Trinajstić information content (AvgIpc) is 2.26. The molecule has 0 saturated heterocycles. The minimum Gasteiger partial charge on any atom is -0.461 e. The standard InChI is InChI=1S/C12H13IN4O2/c1-7(2)18-11-15-10(14)16-12(17-11)19-9-5-3-4-8(13)6-9/h3-7H,1-2H3,(H2,14,15,16,17). The van der Waals surface area contributed by atoms with Crippen molar-refractivity contribution in [2.75, 3.05) is 5.73 Å². The Balaban J connectivity index is 2.22. The number of anilines is 1. The molecule has 2 aromatic rings. The minimum absolute atomic E-state index is 0.0488. The van der Waals surface area contributed by atoms with E-state index in [0.717, 1.165) is 3.57 Å². The van der Waals surface area contributed by atoms with Crippen LogP contribution in [0.5, 0.6) is 17.8 Å². The van der Waals surface area contributed by atoms with Gasteiger partial charge in [-0.05, 0) is 54.6 Å². The van der Waals surface area contributed by atoms with Gasteiger partial charge >= 0.3 is 12.0 Å². The Kier molecular flexibility index (Phi) is 4.35. The van der Waals surface area contributed by atoms with Crippen molar-refractivity contribution in [1.82, 2.24) is 15.0 Å². The highest BCUT2D eigenvalue weighted by molar-refractivity contribution is 14.1. The van der Waals surface area contributed by atoms with Gasteiger partial charge in [-0.1, -0.05) is 6.07 Å². The van der Waals surface area contributed by atoms with Crippen molar-refractivity contribution in [1.29, 1.82) is 0 Å². The Labute approximate surface area is 124 Å². The highest BCUT2D eigenvalue weighted by atomic mass is 127. The lowest BCUT2D eigenvalue weighted by Gasteiger charge is -2.09. The first-order valence-electron chi connectivity index (χ1n) is 5.64. The van der Waals surface area contributed by atoms with E-state index in [0.29, 0.717) is 5.75 Å². The maximum Gasteiger partial charge on any atom is 0.330 e. The maximum atomic E-state index is 5.59. The molecule has 0 aliphatic heterocycles. The van der Waals surface area contributed by atoms with Crippen molar-refractivity contribution in [3.63, 3.8) is 0 Å². The van der Waals surface area contributed by atoms with E-state index in [1.165, 1.54) is 0 Å². The van der Waals surface area contributed by atoms with Gasteiger partial charge < -0.3 is 15.2 Å². The van der Waals surface area contributed by atoms with Crippen LogP contribution < -0.4 is 15.2 Å². The minimum atomic E-state index is -0.0488. The van der Waals surface area contributed by atoms with E-state index < -0.39 is 0 Å². The summed E-state index contributed by atoms with van der Waals surface area (Å²) in [5.41, 5.74) is 5.59. The molecule has 0 fully saturated rings. The lowest BCUT2D eigenvalue weighted by molar-refractivity contribution is 0.219. The molecular formula is C12H13IN4O2. The van der Waals surface area contributed by atoms with E-state index in [2.05, 4.69) is 37.5 Å². The third-order valence-corrected chi connectivity index (χ3v) is 2.63. The lowest BCUT2D eigenvalue weighted by atomic mass is 10.3. The van der Waals surface area contributed by atoms with Gasteiger partial charge in [0.05, 0.1) is 6.10 Å². The summed E-state index contributed by atoms with van der Waals surface area (Å²) in [7, 11) is 0. The Morgan fingerprint density at radius 2 is 1.89 bits per heavy atom. The topological polar surface area (TPSA) is 83.2 Å². The SMILES string of the molecule is CC(C)Oc1nc(N)nc(Oc2cccc(I)c2)n1. The van der Waals surface area contributed by atoms with Gasteiger partial charge in [-0.3, -0.25) is 0 Å². The Hall–Kier alpha value is -1.64. The molecular weight excluding hydrogens is 359 g/mol. The number of aromatic nitrogens is 3. The molecule has 0 amide bonds. The summed E-state index contributed by atoms with van der Waals surface area (Å²) in [4.78, 5) is 11.9. The Bertz CT molecular complexity index is 577. The molecule has 0 spiro atoms. The quantitative estimate of drug-likeness (QED) is 0.831. The van der Waals surface area contributed by atoms with E-state index >= 15 is 0 Å². The zero-order valence-corrected chi connectivity index (χ0v) is 12.7. The van der Waals surface area contributed by atoms with Gasteiger partial charge in [-0.15, -0.1) is 4.98 Å². The molecule has 1 heterocycles. The summed E-state index contributed by atoms with van der Waals surface area (Å²) in [6, 6.07) is 7.79. The Morgan fingerprint density at radius 3 is 2.58 bits per heavy atom. The second kappa shape index (κ2) is 6.00. The molecule has 2 N–H and O–H groups in total. The predicted molar refractivity (Wildman–Crippen MR) is 79.2 cm³/mol. The lowest BCUT2D eigenvalue weighted by Crippen LogP contribution is -2.11. The number of nitrogens with two attached hydrogens (primary N) is 1. The van der Waals surface area contributed by atoms with Crippen molar-refractivity contribution < 1.29 is 9.47 Å². The van der Waals surface area contributed by atoms with E-state index in [1.54, 1.807) is 0 Å². The summed E-state index contributed by atoms with van der Waals surface area (Å²) < 4.78 is 12.0. The van der Waals surface area contributed by atoms with Crippen LogP contribution in [0.15, 0.2) is 24.3 Å². The van der Waals surface area contributed by atoms with Crippen molar-refractivity contribution in [3.05, 3.63) is 27.8 Å². The molecule has 100 valence electrons. The summed E-state index contributed by atoms with van der Waals surface area (Å²) in [6.45, 7) is 3.75. The maximum absolute atomic E-state index is 5.59. The van der Waals surface area contributed by atoms with Gasteiger partial charge in [0.2, 0.25) is 5.95 Å². The first-order chi connectivity index (χ1) is 9.02. The van der Waals surface area contributed by atoms with Crippen LogP contribution in [0.25, 0.3) is 0 Å². The molecule has 1 aromatic heterocycles. The predicted octanol–water partition coefficient (Wildman–Crippen LogP) is 2.64. The number of rotatable bonds is 4. The van der Waals surface area contributed by atoms with Gasteiger partial charge in [0.25, 0.3) is 0 Å². The molecule has 7 heteroatoms. The first-order valence-corrected chi connectivity index (χ1v) is 6.72. The van der Waals surface area contributed by atoms with E-state index in [4.69, 9.17) is 15.2 Å². The molecule has 19 heavy (non-hydrogen) atoms. The fourth-order valence-electron chi connectivity index (χ4n) is 1.30. The van der Waals surface area contributed by atoms with Crippen molar-refractivity contribution in [2.45, 2.75) is 20.0 Å². The fraction of sp³-hybridized carbons (Fsp3) is 0.250. The summed E-state index contributed by atoms with van der Waals surface area (Å²) in [6.07, 6.45) is -0.0488. The normalized spacial score (nSPS) is 10.5. The van der Waals surface area contributed by atoms with Crippen LogP contribution in [-0.4, -0.2) is 21.1 Å². The molecule has 0 atom stereocenters. The molecule has 0 saturated carbocycles. The number of nitrogen functional groups attached to an aromatic ring is 1. The highest BCUT2D eigenvalue weighted by Gasteiger charge is 2.09. The third-order valence-electron chi connectivity index (χ3n) is 1.96. The average molecular weight is 372 g/mol. The summed E-state index contributed by atoms with van der Waals surface area (Å²) >= 11 is 2.20. The summed E-state index contributed by atoms with van der Waals surface area (Å²) in [5.74, 6) is 0.694. The van der Waals surface area contributed by atoms with E-state index in [1.807, 2.05) is 38.1 Å². The number of halogens is 1. The highest BCUT2D eigenvalue weighted by Crippen LogP contribution is 2.21. The van der Waals surface area contributed by atoms with Gasteiger partial charge in [0.1, 0.15) is 5.75 Å². The zero-order chi connectivity index (χ0) is 13.8. The molecule has 0 aliphatic rings. The molecule has 2 rings (SSSR count). The van der Waals surface area contributed by atoms with Crippen LogP contribution in [0, 0.1) is 3.57 Å². The number of benzene rings is 1. The fourth-order valence-corrected chi connectivity index (χ4v) is 1.81. The second-order valence-corrected chi connectivity index (χ2v) is 5.23. The van der Waals surface area contributed by atoms with Gasteiger partial charge in [-0.25, -0.2) is 0 Å². The van der Waals surface area contributed by atoms with E-state index in [9.17, 15) is 0 Å². The smallest absolute Gasteiger partial charge is 0.330 e. The van der Waals surface area contributed by atoms with Crippen molar-refractivity contribution >= 4 is 28.5 Å². The van der Waals surface area contributed by atoms with Crippen LogP contribution in [0.3, 0.4) is 0 Å². The molecule has 1 aromatic carbocycles. The third kappa shape index (κ3) is 4.19. The van der Waals surface area contributed by atoms with Gasteiger partial charge in [-0.2, -0.15) is 9.97 Å². The number of ether oxygens (including phenoxy) is 2. The van der Waals surface area contributed by atoms with Crippen LogP contribution in [0.1, 0.15) is 13.8 Å². The van der Waals surface area contributed by atoms with Crippen LogP contribution in [0.2, 0.25) is 0 Å². The molecule has 0 aliphatic carbocycles. The Morgan fingerprint density at radius 1 is 1.16 bits per heavy atom. The molecule has 6 nitrogen and oxygen atoms in total. The number of hydrogen-bond acceptors (Lipinski definition) is 6. The van der Waals surface area contributed by atoms with Crippen molar-refractivity contribution in [3.8, 4) is 17.8 Å². The molecule has 0 bridgehead atoms. The number of nitrogens with zero attached hydrogens (tertiary/aromatic N) is 3. The van der Waals surface area contributed by atoms with E-state index in [-0.39, 0.29) is 24.1 Å². The van der Waals surface area contributed by atoms with Crippen LogP contribution in [-0.2, 0) is 0 Å². The van der Waals surface area contributed by atoms with Crippen LogP contribution >= 0.6 is 22.6 Å². The molecule has 0 radical (unpaired) electrons. The zero-order valence-electron chi connectivity index (χ0n) is 10.5. The van der Waals surface area contributed by atoms with Crippen molar-refractivity contribution in [2.24, 2.45) is 0 Å². The summed E-state index contributed by atoms with van der Waals surface area (Å²) in [5, 5.41) is 0. The largest absolute Gasteiger partial charge is 0.461 e. The number of hydrogen-bond donors (Lipinski definition) is 1. The monoisotopic (exact) mass is 372 g/mol. The molecule has 0 unspecified atom stereocenters. The van der Waals surface area contributed by atoms with Crippen LogP contribution in [0.4, 0.5) is 5.95 Å². The first kappa shape index (κ1) is 13.8. The van der Waals surface area contributed by atoms with Gasteiger partial charge in [0, 0.05) is 3.57 Å².